The quantitative estimate of drug-likeness (QED) is 0.299. The van der Waals surface area contributed by atoms with Crippen LogP contribution in [0.3, 0.4) is 0 Å². The van der Waals surface area contributed by atoms with E-state index < -0.39 is 0 Å². The summed E-state index contributed by atoms with van der Waals surface area (Å²) in [6.45, 7) is 2.71. The van der Waals surface area contributed by atoms with Crippen molar-refractivity contribution in [2.24, 2.45) is 5.92 Å². The molecule has 0 spiro atoms. The maximum atomic E-state index is 9.74. The topological polar surface area (TPSA) is 46.5 Å². The predicted molar refractivity (Wildman–Crippen MR) is 116 cm³/mol. The SMILES string of the molecule is C/C=C\CCCC=O.CO.Clc1cccc(OCC/C=C/C2CCCC2)c1. The van der Waals surface area contributed by atoms with Gasteiger partial charge in [-0.15, -0.1) is 0 Å². The molecule has 0 unspecified atom stereocenters. The van der Waals surface area contributed by atoms with E-state index in [1.54, 1.807) is 0 Å². The van der Waals surface area contributed by atoms with Gasteiger partial charge in [0.1, 0.15) is 12.0 Å². The molecule has 2 rings (SSSR count). The van der Waals surface area contributed by atoms with Gasteiger partial charge in [-0.3, -0.25) is 0 Å². The summed E-state index contributed by atoms with van der Waals surface area (Å²) in [5.41, 5.74) is 0. The van der Waals surface area contributed by atoms with Crippen LogP contribution in [0, 0.1) is 5.92 Å². The van der Waals surface area contributed by atoms with E-state index in [9.17, 15) is 4.79 Å². The molecule has 0 saturated heterocycles. The van der Waals surface area contributed by atoms with Crippen molar-refractivity contribution in [2.45, 2.75) is 58.3 Å². The number of allylic oxidation sites excluding steroid dienone is 3. The number of aldehydes is 1. The van der Waals surface area contributed by atoms with Crippen molar-refractivity contribution in [3.63, 3.8) is 0 Å². The molecule has 0 heterocycles. The number of aliphatic hydroxyl groups is 1. The van der Waals surface area contributed by atoms with Crippen LogP contribution in [-0.2, 0) is 4.79 Å². The highest BCUT2D eigenvalue weighted by Gasteiger charge is 2.10. The molecule has 27 heavy (non-hydrogen) atoms. The highest BCUT2D eigenvalue weighted by atomic mass is 35.5. The molecule has 1 aliphatic carbocycles. The number of rotatable bonds is 9. The third-order valence-corrected chi connectivity index (χ3v) is 4.32. The zero-order valence-corrected chi connectivity index (χ0v) is 17.5. The first-order chi connectivity index (χ1) is 13.3. The fourth-order valence-corrected chi connectivity index (χ4v) is 2.91. The number of ether oxygens (including phenoxy) is 1. The molecule has 0 bridgehead atoms. The van der Waals surface area contributed by atoms with Gasteiger partial charge in [0.15, 0.2) is 0 Å². The molecule has 4 heteroatoms. The first-order valence-electron chi connectivity index (χ1n) is 9.80. The summed E-state index contributed by atoms with van der Waals surface area (Å²) in [5, 5.41) is 7.73. The lowest BCUT2D eigenvalue weighted by molar-refractivity contribution is -0.107. The second kappa shape index (κ2) is 19.2. The molecule has 0 aliphatic heterocycles. The van der Waals surface area contributed by atoms with Crippen LogP contribution in [0.4, 0.5) is 0 Å². The minimum Gasteiger partial charge on any atom is -0.493 e. The molecule has 1 fully saturated rings. The number of unbranched alkanes of at least 4 members (excludes halogenated alkanes) is 2. The van der Waals surface area contributed by atoms with Crippen LogP contribution in [-0.4, -0.2) is 25.1 Å². The minimum absolute atomic E-state index is 0.699. The van der Waals surface area contributed by atoms with Crippen LogP contribution in [0.25, 0.3) is 0 Å². The van der Waals surface area contributed by atoms with Crippen LogP contribution in [0.2, 0.25) is 5.02 Å². The number of benzene rings is 1. The lowest BCUT2D eigenvalue weighted by atomic mass is 10.1. The van der Waals surface area contributed by atoms with Crippen LogP contribution in [0.15, 0.2) is 48.6 Å². The molecule has 0 aromatic heterocycles. The first-order valence-corrected chi connectivity index (χ1v) is 10.2. The molecule has 0 atom stereocenters. The fourth-order valence-electron chi connectivity index (χ4n) is 2.73. The van der Waals surface area contributed by atoms with Gasteiger partial charge in [0.2, 0.25) is 0 Å². The molecule has 1 aromatic carbocycles. The summed E-state index contributed by atoms with van der Waals surface area (Å²) in [6.07, 6.45) is 18.9. The normalized spacial score (nSPS) is 13.8. The Morgan fingerprint density at radius 1 is 1.15 bits per heavy atom. The Bertz CT molecular complexity index is 520. The molecule has 152 valence electrons. The van der Waals surface area contributed by atoms with E-state index >= 15 is 0 Å². The molecule has 0 amide bonds. The maximum absolute atomic E-state index is 9.74. The Hall–Kier alpha value is -1.58. The zero-order valence-electron chi connectivity index (χ0n) is 16.8. The zero-order chi connectivity index (χ0) is 20.2. The summed E-state index contributed by atoms with van der Waals surface area (Å²) in [5.74, 6) is 1.67. The van der Waals surface area contributed by atoms with Crippen LogP contribution >= 0.6 is 11.6 Å². The second-order valence-electron chi connectivity index (χ2n) is 6.23. The van der Waals surface area contributed by atoms with E-state index in [1.807, 2.05) is 37.3 Å². The minimum atomic E-state index is 0.699. The van der Waals surface area contributed by atoms with E-state index in [-0.39, 0.29) is 0 Å². The van der Waals surface area contributed by atoms with Crippen LogP contribution < -0.4 is 4.74 Å². The van der Waals surface area contributed by atoms with Gasteiger partial charge in [-0.25, -0.2) is 0 Å². The summed E-state index contributed by atoms with van der Waals surface area (Å²) < 4.78 is 5.62. The van der Waals surface area contributed by atoms with Gasteiger partial charge in [-0.05, 0) is 63.1 Å². The number of carbonyl (C=O) groups excluding carboxylic acids is 1. The molecular formula is C23H35ClO3. The van der Waals surface area contributed by atoms with Crippen molar-refractivity contribution in [3.05, 3.63) is 53.6 Å². The first kappa shape index (κ1) is 25.4. The smallest absolute Gasteiger partial charge is 0.120 e. The lowest BCUT2D eigenvalue weighted by Crippen LogP contribution is -1.95. The predicted octanol–water partition coefficient (Wildman–Crippen LogP) is 6.40. The number of carbonyl (C=O) groups is 1. The van der Waals surface area contributed by atoms with Crippen molar-refractivity contribution in [2.75, 3.05) is 13.7 Å². The summed E-state index contributed by atoms with van der Waals surface area (Å²) in [4.78, 5) is 9.74. The summed E-state index contributed by atoms with van der Waals surface area (Å²) in [6, 6.07) is 7.55. The second-order valence-corrected chi connectivity index (χ2v) is 6.67. The van der Waals surface area contributed by atoms with Gasteiger partial charge >= 0.3 is 0 Å². The average molecular weight is 395 g/mol. The van der Waals surface area contributed by atoms with Crippen molar-refractivity contribution in [1.82, 2.24) is 0 Å². The van der Waals surface area contributed by atoms with E-state index in [2.05, 4.69) is 18.2 Å². The third kappa shape index (κ3) is 15.2. The Kier molecular flexibility index (Phi) is 18.1. The van der Waals surface area contributed by atoms with E-state index in [1.165, 1.54) is 25.7 Å². The number of hydrogen-bond acceptors (Lipinski definition) is 3. The van der Waals surface area contributed by atoms with Gasteiger partial charge in [-0.1, -0.05) is 54.8 Å². The maximum Gasteiger partial charge on any atom is 0.120 e. The van der Waals surface area contributed by atoms with Gasteiger partial charge < -0.3 is 14.6 Å². The van der Waals surface area contributed by atoms with Gasteiger partial charge in [-0.2, -0.15) is 0 Å². The third-order valence-electron chi connectivity index (χ3n) is 4.09. The number of halogens is 1. The Labute approximate surface area is 170 Å². The highest BCUT2D eigenvalue weighted by molar-refractivity contribution is 6.30. The molecule has 1 saturated carbocycles. The van der Waals surface area contributed by atoms with Gasteiger partial charge in [0.05, 0.1) is 6.61 Å². The van der Waals surface area contributed by atoms with Crippen LogP contribution in [0.1, 0.15) is 58.3 Å². The van der Waals surface area contributed by atoms with Crippen LogP contribution in [0.5, 0.6) is 5.75 Å². The van der Waals surface area contributed by atoms with E-state index in [0.29, 0.717) is 6.42 Å². The van der Waals surface area contributed by atoms with Crippen molar-refractivity contribution in [1.29, 1.82) is 0 Å². The highest BCUT2D eigenvalue weighted by Crippen LogP contribution is 2.25. The van der Waals surface area contributed by atoms with Gasteiger partial charge in [0, 0.05) is 18.6 Å². The molecular weight excluding hydrogens is 360 g/mol. The van der Waals surface area contributed by atoms with Gasteiger partial charge in [0.25, 0.3) is 0 Å². The molecule has 3 nitrogen and oxygen atoms in total. The molecule has 1 aromatic rings. The Morgan fingerprint density at radius 2 is 1.89 bits per heavy atom. The molecule has 0 radical (unpaired) electrons. The van der Waals surface area contributed by atoms with Crippen molar-refractivity contribution in [3.8, 4) is 5.75 Å². The Morgan fingerprint density at radius 3 is 2.52 bits per heavy atom. The summed E-state index contributed by atoms with van der Waals surface area (Å²) in [7, 11) is 1.00. The average Bonchev–Trinajstić information content (AvgIpc) is 3.21. The largest absolute Gasteiger partial charge is 0.493 e. The lowest BCUT2D eigenvalue weighted by Gasteiger charge is -2.05. The van der Waals surface area contributed by atoms with E-state index in [0.717, 1.165) is 56.0 Å². The monoisotopic (exact) mass is 394 g/mol. The molecule has 1 aliphatic rings. The fraction of sp³-hybridized carbons (Fsp3) is 0.522. The summed E-state index contributed by atoms with van der Waals surface area (Å²) >= 11 is 5.88. The molecule has 1 N–H and O–H groups in total. The Balaban J connectivity index is 0.000000574. The van der Waals surface area contributed by atoms with Crippen molar-refractivity contribution >= 4 is 17.9 Å². The standard InChI is InChI=1S/C15H19ClO.C7H12O.CH4O/c16-14-9-5-10-15(12-14)17-11-4-3-8-13-6-1-2-7-13;1-2-3-4-5-6-7-8;1-2/h3,5,8-10,12-13H,1-2,4,6-7,11H2;2-3,7H,4-6H2,1H3;2H,1H3/b8-3+;3-2-;. The van der Waals surface area contributed by atoms with Crippen molar-refractivity contribution < 1.29 is 14.6 Å². The number of aliphatic hydroxyl groups excluding tert-OH is 1. The number of hydrogen-bond donors (Lipinski definition) is 1. The van der Waals surface area contributed by atoms with E-state index in [4.69, 9.17) is 21.4 Å².